The zero-order valence-electron chi connectivity index (χ0n) is 6.53. The summed E-state index contributed by atoms with van der Waals surface area (Å²) in [6.45, 7) is 0.416. The molecule has 58 valence electrons. The van der Waals surface area contributed by atoms with E-state index in [-0.39, 0.29) is 6.03 Å². The van der Waals surface area contributed by atoms with E-state index in [9.17, 15) is 4.79 Å². The summed E-state index contributed by atoms with van der Waals surface area (Å²) in [7, 11) is 3.30. The van der Waals surface area contributed by atoms with Crippen LogP contribution in [0.15, 0.2) is 11.8 Å². The maximum atomic E-state index is 11.1. The molecule has 1 rings (SSSR count). The minimum Gasteiger partial charge on any atom is -0.322 e. The van der Waals surface area contributed by atoms with Gasteiger partial charge in [0, 0.05) is 20.3 Å². The highest BCUT2D eigenvalue weighted by molar-refractivity contribution is 5.77. The zero-order valence-corrected chi connectivity index (χ0v) is 6.53. The first kappa shape index (κ1) is 7.61. The number of carbonyl (C=O) groups is 1. The van der Waals surface area contributed by atoms with Crippen LogP contribution in [0, 0.1) is 11.3 Å². The lowest BCUT2D eigenvalue weighted by molar-refractivity contribution is 0.185. The Morgan fingerprint density at radius 2 is 2.27 bits per heavy atom. The quantitative estimate of drug-likeness (QED) is 0.502. The molecule has 0 aromatic carbocycles. The van der Waals surface area contributed by atoms with Gasteiger partial charge in [0.2, 0.25) is 0 Å². The minimum absolute atomic E-state index is 0.0796. The number of urea groups is 1. The Morgan fingerprint density at radius 3 is 2.73 bits per heavy atom. The Kier molecular flexibility index (Phi) is 1.81. The minimum atomic E-state index is -0.0796. The Labute approximate surface area is 65.3 Å². The Morgan fingerprint density at radius 1 is 1.64 bits per heavy atom. The summed E-state index contributed by atoms with van der Waals surface area (Å²) in [5.74, 6) is 0. The number of nitrogens with zero attached hydrogens (tertiary/aromatic N) is 3. The molecule has 0 unspecified atom stereocenters. The molecule has 4 nitrogen and oxygen atoms in total. The van der Waals surface area contributed by atoms with Gasteiger partial charge in [-0.15, -0.1) is 0 Å². The third kappa shape index (κ3) is 1.32. The SMILES string of the molecule is CN1C=C(C#N)CN(C)C1=O. The summed E-state index contributed by atoms with van der Waals surface area (Å²) in [4.78, 5) is 14.0. The van der Waals surface area contributed by atoms with Crippen LogP contribution in [-0.2, 0) is 0 Å². The van der Waals surface area contributed by atoms with Crippen molar-refractivity contribution in [2.24, 2.45) is 0 Å². The topological polar surface area (TPSA) is 47.3 Å². The molecule has 0 fully saturated rings. The third-order valence-corrected chi connectivity index (χ3v) is 1.53. The average molecular weight is 151 g/mol. The van der Waals surface area contributed by atoms with Gasteiger partial charge in [0.1, 0.15) is 0 Å². The van der Waals surface area contributed by atoms with E-state index in [0.717, 1.165) is 0 Å². The van der Waals surface area contributed by atoms with Gasteiger partial charge in [-0.2, -0.15) is 5.26 Å². The summed E-state index contributed by atoms with van der Waals surface area (Å²) in [5, 5.41) is 8.53. The highest BCUT2D eigenvalue weighted by Crippen LogP contribution is 2.07. The van der Waals surface area contributed by atoms with E-state index in [0.29, 0.717) is 12.1 Å². The predicted molar refractivity (Wildman–Crippen MR) is 39.5 cm³/mol. The molecule has 0 saturated heterocycles. The van der Waals surface area contributed by atoms with E-state index in [1.807, 2.05) is 6.07 Å². The van der Waals surface area contributed by atoms with Gasteiger partial charge in [0.15, 0.2) is 0 Å². The van der Waals surface area contributed by atoms with Crippen LogP contribution >= 0.6 is 0 Å². The Bertz CT molecular complexity index is 251. The lowest BCUT2D eigenvalue weighted by Crippen LogP contribution is -2.40. The van der Waals surface area contributed by atoms with Gasteiger partial charge >= 0.3 is 6.03 Å². The molecular weight excluding hydrogens is 142 g/mol. The van der Waals surface area contributed by atoms with Crippen LogP contribution in [0.3, 0.4) is 0 Å². The molecule has 11 heavy (non-hydrogen) atoms. The molecule has 0 saturated carbocycles. The second-order valence-corrected chi connectivity index (χ2v) is 2.52. The van der Waals surface area contributed by atoms with Crippen molar-refractivity contribution < 1.29 is 4.79 Å². The van der Waals surface area contributed by atoms with E-state index in [2.05, 4.69) is 0 Å². The van der Waals surface area contributed by atoms with Gasteiger partial charge in [0.25, 0.3) is 0 Å². The smallest absolute Gasteiger partial charge is 0.322 e. The lowest BCUT2D eigenvalue weighted by Gasteiger charge is -2.26. The van der Waals surface area contributed by atoms with Crippen molar-refractivity contribution in [3.63, 3.8) is 0 Å². The normalized spacial score (nSPS) is 17.9. The van der Waals surface area contributed by atoms with Crippen molar-refractivity contribution in [1.82, 2.24) is 9.80 Å². The van der Waals surface area contributed by atoms with E-state index in [1.54, 1.807) is 20.3 Å². The number of amides is 2. The first-order valence-corrected chi connectivity index (χ1v) is 3.24. The van der Waals surface area contributed by atoms with Crippen LogP contribution in [0.25, 0.3) is 0 Å². The molecule has 1 heterocycles. The van der Waals surface area contributed by atoms with Crippen LogP contribution in [0.1, 0.15) is 0 Å². The monoisotopic (exact) mass is 151 g/mol. The maximum Gasteiger partial charge on any atom is 0.323 e. The van der Waals surface area contributed by atoms with Gasteiger partial charge in [-0.05, 0) is 0 Å². The second-order valence-electron chi connectivity index (χ2n) is 2.52. The van der Waals surface area contributed by atoms with Crippen molar-refractivity contribution in [1.29, 1.82) is 5.26 Å². The summed E-state index contributed by atoms with van der Waals surface area (Å²) >= 11 is 0. The van der Waals surface area contributed by atoms with Crippen LogP contribution in [-0.4, -0.2) is 36.5 Å². The number of nitriles is 1. The number of rotatable bonds is 0. The summed E-state index contributed by atoms with van der Waals surface area (Å²) < 4.78 is 0. The van der Waals surface area contributed by atoms with Crippen LogP contribution in [0.5, 0.6) is 0 Å². The van der Waals surface area contributed by atoms with Crippen molar-refractivity contribution in [2.75, 3.05) is 20.6 Å². The molecule has 0 aromatic heterocycles. The van der Waals surface area contributed by atoms with Crippen LogP contribution in [0.4, 0.5) is 4.79 Å². The third-order valence-electron chi connectivity index (χ3n) is 1.53. The number of hydrogen-bond acceptors (Lipinski definition) is 2. The van der Waals surface area contributed by atoms with Gasteiger partial charge in [-0.25, -0.2) is 4.79 Å². The molecule has 2 amide bonds. The molecular formula is C7H9N3O. The van der Waals surface area contributed by atoms with Crippen molar-refractivity contribution in [2.45, 2.75) is 0 Å². The van der Waals surface area contributed by atoms with Gasteiger partial charge in [-0.1, -0.05) is 0 Å². The molecule has 0 aliphatic carbocycles. The highest BCUT2D eigenvalue weighted by Gasteiger charge is 2.19. The second kappa shape index (κ2) is 2.62. The molecule has 4 heteroatoms. The molecule has 1 aliphatic rings. The van der Waals surface area contributed by atoms with E-state index in [1.165, 1.54) is 9.80 Å². The average Bonchev–Trinajstić information content (AvgIpc) is 1.99. The van der Waals surface area contributed by atoms with Crippen molar-refractivity contribution in [3.8, 4) is 6.07 Å². The first-order valence-electron chi connectivity index (χ1n) is 3.24. The lowest BCUT2D eigenvalue weighted by atomic mass is 10.2. The molecule has 1 aliphatic heterocycles. The summed E-state index contributed by atoms with van der Waals surface area (Å²) in [5.41, 5.74) is 0.606. The molecule has 0 atom stereocenters. The maximum absolute atomic E-state index is 11.1. The van der Waals surface area contributed by atoms with E-state index >= 15 is 0 Å². The van der Waals surface area contributed by atoms with Crippen molar-refractivity contribution in [3.05, 3.63) is 11.8 Å². The molecule has 0 N–H and O–H groups in total. The van der Waals surface area contributed by atoms with Crippen molar-refractivity contribution >= 4 is 6.03 Å². The molecule has 0 bridgehead atoms. The summed E-state index contributed by atoms with van der Waals surface area (Å²) in [6.07, 6.45) is 1.56. The predicted octanol–water partition coefficient (Wildman–Crippen LogP) is 0.391. The Hall–Kier alpha value is -1.50. The standard InChI is InChI=1S/C7H9N3O/c1-9-4-6(3-8)5-10(2)7(9)11/h4H,5H2,1-2H3. The van der Waals surface area contributed by atoms with Gasteiger partial charge in [-0.3, -0.25) is 0 Å². The first-order chi connectivity index (χ1) is 5.15. The fourth-order valence-electron chi connectivity index (χ4n) is 0.986. The fraction of sp³-hybridized carbons (Fsp3) is 0.429. The van der Waals surface area contributed by atoms with E-state index < -0.39 is 0 Å². The summed E-state index contributed by atoms with van der Waals surface area (Å²) in [6, 6.07) is 1.93. The Balaban J connectivity index is 2.87. The van der Waals surface area contributed by atoms with Gasteiger partial charge in [0.05, 0.1) is 18.2 Å². The van der Waals surface area contributed by atoms with Crippen LogP contribution < -0.4 is 0 Å². The number of hydrogen-bond donors (Lipinski definition) is 0. The van der Waals surface area contributed by atoms with E-state index in [4.69, 9.17) is 5.26 Å². The fourth-order valence-corrected chi connectivity index (χ4v) is 0.986. The molecule has 0 aromatic rings. The highest BCUT2D eigenvalue weighted by atomic mass is 16.2. The number of carbonyl (C=O) groups excluding carboxylic acids is 1. The number of likely N-dealkylation sites (N-methyl/N-ethyl adjacent to an activating group) is 1. The largest absolute Gasteiger partial charge is 0.323 e. The zero-order chi connectivity index (χ0) is 8.43. The molecule has 0 spiro atoms. The molecule has 0 radical (unpaired) electrons. The van der Waals surface area contributed by atoms with Crippen LogP contribution in [0.2, 0.25) is 0 Å². The van der Waals surface area contributed by atoms with Gasteiger partial charge < -0.3 is 9.80 Å².